The van der Waals surface area contributed by atoms with Crippen LogP contribution in [0, 0.1) is 6.92 Å². The Kier molecular flexibility index (Phi) is 10.5. The molecule has 0 bridgehead atoms. The molecule has 28 heavy (non-hydrogen) atoms. The van der Waals surface area contributed by atoms with Crippen molar-refractivity contribution in [1.29, 1.82) is 0 Å². The van der Waals surface area contributed by atoms with Gasteiger partial charge in [0.15, 0.2) is 5.96 Å². The van der Waals surface area contributed by atoms with E-state index in [1.54, 1.807) is 20.2 Å². The molecule has 0 unspecified atom stereocenters. The molecule has 0 aliphatic heterocycles. The molecule has 6 nitrogen and oxygen atoms in total. The number of phenolic OH excluding ortho intramolecular Hbond substituents is 1. The van der Waals surface area contributed by atoms with Gasteiger partial charge in [-0.05, 0) is 36.6 Å². The largest absolute Gasteiger partial charge is 0.508 e. The van der Waals surface area contributed by atoms with Crippen LogP contribution in [0.15, 0.2) is 47.5 Å². The highest BCUT2D eigenvalue weighted by Crippen LogP contribution is 2.23. The predicted octanol–water partition coefficient (Wildman–Crippen LogP) is 3.46. The standard InChI is InChI=1S/C21H29N3O3.HI/c1-16-7-5-6-8-20(16)27-14-13-24(3)21(22-2)23-12-11-17-9-10-18(26-4)15-19(17)25;/h5-10,15,25H,11-14H2,1-4H3,(H,22,23);1H. The second-order valence-electron chi connectivity index (χ2n) is 6.25. The van der Waals surface area contributed by atoms with Gasteiger partial charge in [0.2, 0.25) is 0 Å². The molecule has 2 aromatic rings. The number of para-hydroxylation sites is 1. The summed E-state index contributed by atoms with van der Waals surface area (Å²) >= 11 is 0. The number of guanidine groups is 1. The Balaban J connectivity index is 0.00000392. The number of aryl methyl sites for hydroxylation is 1. The number of hydrogen-bond acceptors (Lipinski definition) is 4. The number of halogens is 1. The Morgan fingerprint density at radius 2 is 1.96 bits per heavy atom. The zero-order valence-electron chi connectivity index (χ0n) is 16.9. The lowest BCUT2D eigenvalue weighted by Crippen LogP contribution is -2.41. The summed E-state index contributed by atoms with van der Waals surface area (Å²) in [6, 6.07) is 13.3. The van der Waals surface area contributed by atoms with Gasteiger partial charge in [0.05, 0.1) is 13.7 Å². The molecule has 0 saturated carbocycles. The summed E-state index contributed by atoms with van der Waals surface area (Å²) in [7, 11) is 5.31. The third-order valence-electron chi connectivity index (χ3n) is 4.32. The van der Waals surface area contributed by atoms with Crippen LogP contribution in [0.2, 0.25) is 0 Å². The molecule has 0 saturated heterocycles. The van der Waals surface area contributed by atoms with E-state index in [1.807, 2.05) is 55.3 Å². The minimum absolute atomic E-state index is 0. The van der Waals surface area contributed by atoms with Crippen LogP contribution in [-0.2, 0) is 6.42 Å². The van der Waals surface area contributed by atoms with E-state index in [-0.39, 0.29) is 29.7 Å². The number of nitrogens with one attached hydrogen (secondary N) is 1. The third-order valence-corrected chi connectivity index (χ3v) is 4.32. The molecule has 2 rings (SSSR count). The molecular formula is C21H30IN3O3. The van der Waals surface area contributed by atoms with Crippen molar-refractivity contribution in [3.05, 3.63) is 53.6 Å². The normalized spacial score (nSPS) is 10.8. The highest BCUT2D eigenvalue weighted by molar-refractivity contribution is 14.0. The average Bonchev–Trinajstić information content (AvgIpc) is 2.67. The summed E-state index contributed by atoms with van der Waals surface area (Å²) in [5, 5.41) is 13.3. The van der Waals surface area contributed by atoms with E-state index in [0.29, 0.717) is 31.9 Å². The number of ether oxygens (including phenoxy) is 2. The highest BCUT2D eigenvalue weighted by Gasteiger charge is 2.08. The Hall–Kier alpha value is -2.16. The second kappa shape index (κ2) is 12.3. The fraction of sp³-hybridized carbons (Fsp3) is 0.381. The van der Waals surface area contributed by atoms with Crippen LogP contribution < -0.4 is 14.8 Å². The van der Waals surface area contributed by atoms with E-state index < -0.39 is 0 Å². The van der Waals surface area contributed by atoms with Gasteiger partial charge in [-0.15, -0.1) is 24.0 Å². The molecule has 0 atom stereocenters. The first-order valence-corrected chi connectivity index (χ1v) is 9.01. The molecule has 0 heterocycles. The van der Waals surface area contributed by atoms with Crippen LogP contribution in [-0.4, -0.2) is 56.9 Å². The van der Waals surface area contributed by atoms with Crippen LogP contribution in [0.1, 0.15) is 11.1 Å². The monoisotopic (exact) mass is 499 g/mol. The minimum atomic E-state index is 0. The summed E-state index contributed by atoms with van der Waals surface area (Å²) in [6.45, 7) is 3.98. The van der Waals surface area contributed by atoms with Crippen LogP contribution in [0.25, 0.3) is 0 Å². The highest BCUT2D eigenvalue weighted by atomic mass is 127. The fourth-order valence-electron chi connectivity index (χ4n) is 2.69. The van der Waals surface area contributed by atoms with Crippen molar-refractivity contribution in [3.8, 4) is 17.2 Å². The summed E-state index contributed by atoms with van der Waals surface area (Å²) in [4.78, 5) is 6.33. The van der Waals surface area contributed by atoms with Crippen molar-refractivity contribution in [2.45, 2.75) is 13.3 Å². The van der Waals surface area contributed by atoms with Crippen molar-refractivity contribution < 1.29 is 14.6 Å². The van der Waals surface area contributed by atoms with Gasteiger partial charge < -0.3 is 24.8 Å². The van der Waals surface area contributed by atoms with Gasteiger partial charge in [-0.3, -0.25) is 4.99 Å². The van der Waals surface area contributed by atoms with Crippen molar-refractivity contribution in [1.82, 2.24) is 10.2 Å². The first-order chi connectivity index (χ1) is 13.0. The zero-order valence-corrected chi connectivity index (χ0v) is 19.3. The summed E-state index contributed by atoms with van der Waals surface area (Å²) < 4.78 is 10.9. The van der Waals surface area contributed by atoms with Crippen molar-refractivity contribution in [3.63, 3.8) is 0 Å². The summed E-state index contributed by atoms with van der Waals surface area (Å²) in [5.41, 5.74) is 1.99. The maximum absolute atomic E-state index is 10.0. The van der Waals surface area contributed by atoms with Crippen LogP contribution in [0.5, 0.6) is 17.2 Å². The van der Waals surface area contributed by atoms with Crippen molar-refractivity contribution in [2.75, 3.05) is 40.9 Å². The molecule has 0 aliphatic carbocycles. The van der Waals surface area contributed by atoms with E-state index in [9.17, 15) is 5.11 Å². The number of methoxy groups -OCH3 is 1. The molecule has 0 spiro atoms. The predicted molar refractivity (Wildman–Crippen MR) is 124 cm³/mol. The Labute approximate surface area is 184 Å². The summed E-state index contributed by atoms with van der Waals surface area (Å²) in [5.74, 6) is 2.58. The molecule has 0 fully saturated rings. The molecule has 0 aliphatic rings. The Bertz CT molecular complexity index is 768. The lowest BCUT2D eigenvalue weighted by atomic mass is 10.1. The number of benzene rings is 2. The van der Waals surface area contributed by atoms with Gasteiger partial charge in [-0.25, -0.2) is 0 Å². The lowest BCUT2D eigenvalue weighted by molar-refractivity contribution is 0.280. The number of likely N-dealkylation sites (N-methyl/N-ethyl adjacent to an activating group) is 1. The number of hydrogen-bond donors (Lipinski definition) is 2. The molecule has 7 heteroatoms. The number of aliphatic imine (C=N–C) groups is 1. The maximum Gasteiger partial charge on any atom is 0.193 e. The number of aromatic hydroxyl groups is 1. The molecule has 0 aromatic heterocycles. The molecule has 2 aromatic carbocycles. The topological polar surface area (TPSA) is 66.3 Å². The first kappa shape index (κ1) is 23.9. The fourth-order valence-corrected chi connectivity index (χ4v) is 2.69. The van der Waals surface area contributed by atoms with Crippen LogP contribution in [0.4, 0.5) is 0 Å². The average molecular weight is 499 g/mol. The van der Waals surface area contributed by atoms with Crippen molar-refractivity contribution >= 4 is 29.9 Å². The molecule has 0 amide bonds. The van der Waals surface area contributed by atoms with E-state index in [4.69, 9.17) is 9.47 Å². The molecule has 154 valence electrons. The SMILES string of the molecule is CN=C(NCCc1ccc(OC)cc1O)N(C)CCOc1ccccc1C.I. The molecule has 2 N–H and O–H groups in total. The summed E-state index contributed by atoms with van der Waals surface area (Å²) in [6.07, 6.45) is 0.683. The molecular weight excluding hydrogens is 469 g/mol. The number of phenols is 1. The first-order valence-electron chi connectivity index (χ1n) is 9.01. The zero-order chi connectivity index (χ0) is 19.6. The van der Waals surface area contributed by atoms with Gasteiger partial charge in [-0.1, -0.05) is 24.3 Å². The lowest BCUT2D eigenvalue weighted by Gasteiger charge is -2.22. The van der Waals surface area contributed by atoms with Crippen LogP contribution in [0.3, 0.4) is 0 Å². The Morgan fingerprint density at radius 3 is 2.61 bits per heavy atom. The van der Waals surface area contributed by atoms with Crippen molar-refractivity contribution in [2.24, 2.45) is 4.99 Å². The van der Waals surface area contributed by atoms with E-state index in [1.165, 1.54) is 0 Å². The van der Waals surface area contributed by atoms with E-state index >= 15 is 0 Å². The van der Waals surface area contributed by atoms with Gasteiger partial charge in [0.25, 0.3) is 0 Å². The smallest absolute Gasteiger partial charge is 0.193 e. The molecule has 0 radical (unpaired) electrons. The van der Waals surface area contributed by atoms with Gasteiger partial charge in [0.1, 0.15) is 23.9 Å². The quantitative estimate of drug-likeness (QED) is 0.331. The Morgan fingerprint density at radius 1 is 1.21 bits per heavy atom. The van der Waals surface area contributed by atoms with Gasteiger partial charge >= 0.3 is 0 Å². The minimum Gasteiger partial charge on any atom is -0.508 e. The maximum atomic E-state index is 10.0. The van der Waals surface area contributed by atoms with E-state index in [2.05, 4.69) is 10.3 Å². The third kappa shape index (κ3) is 7.10. The number of nitrogens with zero attached hydrogens (tertiary/aromatic N) is 2. The van der Waals surface area contributed by atoms with Gasteiger partial charge in [0, 0.05) is 26.7 Å². The van der Waals surface area contributed by atoms with E-state index in [0.717, 1.165) is 22.8 Å². The van der Waals surface area contributed by atoms with Crippen LogP contribution >= 0.6 is 24.0 Å². The second-order valence-corrected chi connectivity index (χ2v) is 6.25. The van der Waals surface area contributed by atoms with Gasteiger partial charge in [-0.2, -0.15) is 0 Å². The number of rotatable bonds is 8.